The summed E-state index contributed by atoms with van der Waals surface area (Å²) < 4.78 is 18.6. The van der Waals surface area contributed by atoms with E-state index < -0.39 is 5.91 Å². The molecule has 1 N–H and O–H groups in total. The second-order valence-corrected chi connectivity index (χ2v) is 9.52. The summed E-state index contributed by atoms with van der Waals surface area (Å²) in [5, 5.41) is 4.65. The van der Waals surface area contributed by atoms with E-state index in [-0.39, 0.29) is 0 Å². The maximum Gasteiger partial charge on any atom is 0.271 e. The van der Waals surface area contributed by atoms with Crippen molar-refractivity contribution in [2.45, 2.75) is 20.1 Å². The summed E-state index contributed by atoms with van der Waals surface area (Å²) in [6.45, 7) is 3.08. The minimum Gasteiger partial charge on any atom is -0.490 e. The minimum atomic E-state index is -0.392. The van der Waals surface area contributed by atoms with Crippen LogP contribution in [0.2, 0.25) is 5.02 Å². The van der Waals surface area contributed by atoms with Crippen LogP contribution in [-0.2, 0) is 13.2 Å². The van der Waals surface area contributed by atoms with E-state index in [1.165, 1.54) is 6.21 Å². The molecule has 1 amide bonds. The van der Waals surface area contributed by atoms with Gasteiger partial charge in [-0.25, -0.2) is 5.43 Å². The molecule has 0 heterocycles. The van der Waals surface area contributed by atoms with Crippen LogP contribution in [0.25, 0.3) is 0 Å². The first-order valence-electron chi connectivity index (χ1n) is 12.0. The Balaban J connectivity index is 1.41. The normalized spacial score (nSPS) is 10.8. The number of nitrogens with one attached hydrogen (secondary N) is 1. The van der Waals surface area contributed by atoms with Crippen LogP contribution in [0.15, 0.2) is 101 Å². The van der Waals surface area contributed by atoms with Gasteiger partial charge in [-0.2, -0.15) is 5.10 Å². The topological polar surface area (TPSA) is 69.2 Å². The van der Waals surface area contributed by atoms with Gasteiger partial charge in [-0.05, 0) is 66.6 Å². The van der Waals surface area contributed by atoms with Gasteiger partial charge >= 0.3 is 0 Å². The zero-order valence-corrected chi connectivity index (χ0v) is 23.0. The van der Waals surface area contributed by atoms with Crippen LogP contribution in [0.3, 0.4) is 0 Å². The van der Waals surface area contributed by atoms with Crippen LogP contribution in [0, 0.1) is 0 Å². The van der Waals surface area contributed by atoms with E-state index in [1.807, 2.05) is 61.5 Å². The molecule has 4 aromatic carbocycles. The maximum absolute atomic E-state index is 12.8. The number of benzene rings is 4. The van der Waals surface area contributed by atoms with Crippen LogP contribution in [0.4, 0.5) is 0 Å². The maximum atomic E-state index is 12.8. The molecule has 0 aliphatic rings. The van der Waals surface area contributed by atoms with Crippen LogP contribution < -0.4 is 19.6 Å². The number of hydrogen-bond donors (Lipinski definition) is 1. The molecule has 0 spiro atoms. The van der Waals surface area contributed by atoms with Gasteiger partial charge in [0.25, 0.3) is 5.91 Å². The molecule has 0 saturated heterocycles. The van der Waals surface area contributed by atoms with Gasteiger partial charge in [0.05, 0.1) is 12.8 Å². The number of carbonyl (C=O) groups is 1. The fraction of sp³-hybridized carbons (Fsp3) is 0.133. The van der Waals surface area contributed by atoms with Crippen molar-refractivity contribution in [3.63, 3.8) is 0 Å². The molecule has 0 unspecified atom stereocenters. The van der Waals surface area contributed by atoms with Gasteiger partial charge in [-0.3, -0.25) is 4.79 Å². The van der Waals surface area contributed by atoms with E-state index in [2.05, 4.69) is 26.5 Å². The van der Waals surface area contributed by atoms with E-state index in [4.69, 9.17) is 25.8 Å². The molecule has 0 bridgehead atoms. The summed E-state index contributed by atoms with van der Waals surface area (Å²) in [4.78, 5) is 12.8. The zero-order valence-electron chi connectivity index (χ0n) is 20.7. The smallest absolute Gasteiger partial charge is 0.271 e. The third-order valence-electron chi connectivity index (χ3n) is 5.39. The Bertz CT molecular complexity index is 1400. The van der Waals surface area contributed by atoms with E-state index >= 15 is 0 Å². The second kappa shape index (κ2) is 13.7. The van der Waals surface area contributed by atoms with Crippen LogP contribution >= 0.6 is 27.5 Å². The zero-order chi connectivity index (χ0) is 26.7. The molecule has 6 nitrogen and oxygen atoms in total. The number of halogens is 2. The standard InChI is InChI=1S/C30H26BrClN2O4/c1-2-36-29-17-23(10-14-28(29)38-19-21-6-4-3-5-7-21)30(35)34-33-18-24-16-26(32)13-15-27(24)37-20-22-8-11-25(31)12-9-22/h3-18H,2,19-20H2,1H3,(H,34,35)/b33-18+. The first kappa shape index (κ1) is 27.2. The highest BCUT2D eigenvalue weighted by Gasteiger charge is 2.12. The number of hydrogen-bond acceptors (Lipinski definition) is 5. The fourth-order valence-electron chi connectivity index (χ4n) is 3.49. The number of carbonyl (C=O) groups excluding carboxylic acids is 1. The van der Waals surface area contributed by atoms with Gasteiger partial charge in [0.1, 0.15) is 19.0 Å². The van der Waals surface area contributed by atoms with Crippen molar-refractivity contribution in [2.24, 2.45) is 5.10 Å². The van der Waals surface area contributed by atoms with E-state index in [1.54, 1.807) is 36.4 Å². The highest BCUT2D eigenvalue weighted by molar-refractivity contribution is 9.10. The molecule has 4 aromatic rings. The number of nitrogens with zero attached hydrogens (tertiary/aromatic N) is 1. The Morgan fingerprint density at radius 2 is 1.53 bits per heavy atom. The lowest BCUT2D eigenvalue weighted by molar-refractivity contribution is 0.0954. The quantitative estimate of drug-likeness (QED) is 0.145. The van der Waals surface area contributed by atoms with Crippen molar-refractivity contribution in [1.82, 2.24) is 5.43 Å². The van der Waals surface area contributed by atoms with Gasteiger partial charge < -0.3 is 14.2 Å². The number of rotatable bonds is 11. The summed E-state index contributed by atoms with van der Waals surface area (Å²) in [5.41, 5.74) is 5.62. The summed E-state index contributed by atoms with van der Waals surface area (Å²) in [7, 11) is 0. The van der Waals surface area contributed by atoms with Gasteiger partial charge in [-0.15, -0.1) is 0 Å². The van der Waals surface area contributed by atoms with Crippen LogP contribution in [0.5, 0.6) is 17.2 Å². The molecular weight excluding hydrogens is 568 g/mol. The highest BCUT2D eigenvalue weighted by Crippen LogP contribution is 2.29. The number of amides is 1. The van der Waals surface area contributed by atoms with Crippen LogP contribution in [-0.4, -0.2) is 18.7 Å². The molecule has 8 heteroatoms. The van der Waals surface area contributed by atoms with Gasteiger partial charge in [-0.1, -0.05) is 70.0 Å². The molecule has 0 radical (unpaired) electrons. The first-order valence-corrected chi connectivity index (χ1v) is 13.1. The van der Waals surface area contributed by atoms with Crippen molar-refractivity contribution in [1.29, 1.82) is 0 Å². The molecule has 0 aliphatic carbocycles. The Hall–Kier alpha value is -3.81. The molecule has 0 atom stereocenters. The monoisotopic (exact) mass is 592 g/mol. The van der Waals surface area contributed by atoms with E-state index in [0.717, 1.165) is 15.6 Å². The van der Waals surface area contributed by atoms with Crippen molar-refractivity contribution >= 4 is 39.7 Å². The van der Waals surface area contributed by atoms with E-state index in [0.29, 0.717) is 53.2 Å². The second-order valence-electron chi connectivity index (χ2n) is 8.17. The average Bonchev–Trinajstić information content (AvgIpc) is 2.93. The molecule has 0 aliphatic heterocycles. The van der Waals surface area contributed by atoms with E-state index in [9.17, 15) is 4.79 Å². The number of ether oxygens (including phenoxy) is 3. The number of hydrazone groups is 1. The van der Waals surface area contributed by atoms with Crippen molar-refractivity contribution in [3.8, 4) is 17.2 Å². The lowest BCUT2D eigenvalue weighted by Crippen LogP contribution is -2.18. The predicted octanol–water partition coefficient (Wildman–Crippen LogP) is 7.42. The Morgan fingerprint density at radius 3 is 2.26 bits per heavy atom. The molecule has 0 saturated carbocycles. The Labute approximate surface area is 235 Å². The summed E-state index contributed by atoms with van der Waals surface area (Å²) in [5.74, 6) is 1.24. The SMILES string of the molecule is CCOc1cc(C(=O)N/N=C/c2cc(Cl)ccc2OCc2ccc(Br)cc2)ccc1OCc1ccccc1. The van der Waals surface area contributed by atoms with Gasteiger partial charge in [0.15, 0.2) is 11.5 Å². The summed E-state index contributed by atoms with van der Waals surface area (Å²) >= 11 is 9.61. The van der Waals surface area contributed by atoms with Crippen molar-refractivity contribution < 1.29 is 19.0 Å². The van der Waals surface area contributed by atoms with Gasteiger partial charge in [0.2, 0.25) is 0 Å². The average molecular weight is 594 g/mol. The minimum absolute atomic E-state index is 0.376. The Kier molecular flexibility index (Phi) is 9.78. The lowest BCUT2D eigenvalue weighted by atomic mass is 10.2. The fourth-order valence-corrected chi connectivity index (χ4v) is 3.94. The summed E-state index contributed by atoms with van der Waals surface area (Å²) in [6.07, 6.45) is 1.50. The van der Waals surface area contributed by atoms with Crippen molar-refractivity contribution in [3.05, 3.63) is 123 Å². The van der Waals surface area contributed by atoms with Crippen molar-refractivity contribution in [2.75, 3.05) is 6.61 Å². The largest absolute Gasteiger partial charge is 0.490 e. The lowest BCUT2D eigenvalue weighted by Gasteiger charge is -2.13. The highest BCUT2D eigenvalue weighted by atomic mass is 79.9. The molecule has 38 heavy (non-hydrogen) atoms. The van der Waals surface area contributed by atoms with Crippen LogP contribution in [0.1, 0.15) is 34.0 Å². The molecule has 194 valence electrons. The summed E-state index contributed by atoms with van der Waals surface area (Å²) in [6, 6.07) is 28.0. The predicted molar refractivity (Wildman–Crippen MR) is 153 cm³/mol. The third-order valence-corrected chi connectivity index (χ3v) is 6.16. The molecule has 4 rings (SSSR count). The third kappa shape index (κ3) is 7.84. The molecule has 0 fully saturated rings. The Morgan fingerprint density at radius 1 is 0.842 bits per heavy atom. The first-order chi connectivity index (χ1) is 18.5. The van der Waals surface area contributed by atoms with Gasteiger partial charge in [0, 0.05) is 20.6 Å². The molecular formula is C30H26BrClN2O4. The molecule has 0 aromatic heterocycles.